The van der Waals surface area contributed by atoms with Crippen molar-refractivity contribution in [1.29, 1.82) is 0 Å². The zero-order valence-electron chi connectivity index (χ0n) is 10.9. The second-order valence-corrected chi connectivity index (χ2v) is 4.82. The van der Waals surface area contributed by atoms with Crippen LogP contribution in [0.15, 0.2) is 18.2 Å². The number of nitrogens with zero attached hydrogens (tertiary/aromatic N) is 1. The van der Waals surface area contributed by atoms with E-state index in [1.807, 2.05) is 0 Å². The van der Waals surface area contributed by atoms with Crippen LogP contribution in [0.4, 0.5) is 5.69 Å². The van der Waals surface area contributed by atoms with Gasteiger partial charge in [0.15, 0.2) is 0 Å². The van der Waals surface area contributed by atoms with Crippen LogP contribution in [0, 0.1) is 0 Å². The molecule has 0 aromatic heterocycles. The molecule has 2 aliphatic rings. The third-order valence-corrected chi connectivity index (χ3v) is 3.62. The summed E-state index contributed by atoms with van der Waals surface area (Å²) in [5.74, 6) is 3.16. The molecule has 0 saturated carbocycles. The summed E-state index contributed by atoms with van der Waals surface area (Å²) in [5.41, 5.74) is 3.03. The normalized spacial score (nSPS) is 21.4. The third kappa shape index (κ3) is 1.88. The van der Waals surface area contributed by atoms with Crippen LogP contribution >= 0.6 is 0 Å². The molecule has 0 bridgehead atoms. The van der Waals surface area contributed by atoms with Gasteiger partial charge in [-0.25, -0.2) is 0 Å². The number of carbonyl (C=O) groups excluding carboxylic acids is 4. The zero-order valence-corrected chi connectivity index (χ0v) is 10.9. The fourth-order valence-electron chi connectivity index (χ4n) is 2.64. The van der Waals surface area contributed by atoms with Gasteiger partial charge in [0.1, 0.15) is 6.04 Å². The number of imide groups is 2. The molecule has 4 amide bonds. The lowest BCUT2D eigenvalue weighted by Gasteiger charge is -2.27. The van der Waals surface area contributed by atoms with E-state index in [1.165, 1.54) is 6.07 Å². The largest absolute Gasteiger partial charge is 0.323 e. The van der Waals surface area contributed by atoms with E-state index in [-0.39, 0.29) is 24.0 Å². The molecule has 8 nitrogen and oxygen atoms in total. The maximum Gasteiger partial charge on any atom is 0.264 e. The number of rotatable bonds is 2. The van der Waals surface area contributed by atoms with Crippen molar-refractivity contribution in [2.75, 3.05) is 5.43 Å². The minimum Gasteiger partial charge on any atom is -0.323 e. The topological polar surface area (TPSA) is 122 Å². The molecule has 3 rings (SSSR count). The fourth-order valence-corrected chi connectivity index (χ4v) is 2.64. The van der Waals surface area contributed by atoms with Crippen LogP contribution in [0.3, 0.4) is 0 Å². The van der Waals surface area contributed by atoms with E-state index in [4.69, 9.17) is 5.84 Å². The van der Waals surface area contributed by atoms with Gasteiger partial charge in [-0.2, -0.15) is 0 Å². The van der Waals surface area contributed by atoms with Crippen LogP contribution in [-0.2, 0) is 9.59 Å². The van der Waals surface area contributed by atoms with E-state index in [0.717, 1.165) is 4.90 Å². The summed E-state index contributed by atoms with van der Waals surface area (Å²) in [5, 5.41) is 2.14. The highest BCUT2D eigenvalue weighted by molar-refractivity contribution is 6.25. The lowest BCUT2D eigenvalue weighted by Crippen LogP contribution is -2.54. The van der Waals surface area contributed by atoms with Crippen molar-refractivity contribution in [2.24, 2.45) is 5.84 Å². The molecule has 1 aromatic carbocycles. The van der Waals surface area contributed by atoms with Crippen LogP contribution < -0.4 is 16.6 Å². The Balaban J connectivity index is 2.00. The maximum absolute atomic E-state index is 12.5. The predicted octanol–water partition coefficient (Wildman–Crippen LogP) is -0.627. The Labute approximate surface area is 119 Å². The third-order valence-electron chi connectivity index (χ3n) is 3.62. The van der Waals surface area contributed by atoms with Gasteiger partial charge in [-0.3, -0.25) is 35.2 Å². The van der Waals surface area contributed by atoms with Crippen LogP contribution in [0.5, 0.6) is 0 Å². The van der Waals surface area contributed by atoms with Crippen LogP contribution in [0.25, 0.3) is 0 Å². The smallest absolute Gasteiger partial charge is 0.264 e. The average Bonchev–Trinajstić information content (AvgIpc) is 2.72. The molecule has 1 atom stereocenters. The minimum absolute atomic E-state index is 0.0891. The predicted molar refractivity (Wildman–Crippen MR) is 70.9 cm³/mol. The van der Waals surface area contributed by atoms with Gasteiger partial charge >= 0.3 is 0 Å². The van der Waals surface area contributed by atoms with E-state index >= 15 is 0 Å². The van der Waals surface area contributed by atoms with Crippen molar-refractivity contribution in [1.82, 2.24) is 10.2 Å². The van der Waals surface area contributed by atoms with E-state index in [0.29, 0.717) is 5.69 Å². The highest BCUT2D eigenvalue weighted by Crippen LogP contribution is 2.31. The number of benzene rings is 1. The molecule has 1 unspecified atom stereocenters. The molecular weight excluding hydrogens is 276 g/mol. The monoisotopic (exact) mass is 288 g/mol. The molecule has 0 aliphatic carbocycles. The molecule has 1 aromatic rings. The lowest BCUT2D eigenvalue weighted by molar-refractivity contribution is -0.136. The number of hydrazine groups is 1. The van der Waals surface area contributed by atoms with Crippen molar-refractivity contribution in [3.63, 3.8) is 0 Å². The molecule has 8 heteroatoms. The number of fused-ring (bicyclic) bond motifs is 1. The number of hydrogen-bond acceptors (Lipinski definition) is 6. The molecule has 0 spiro atoms. The Morgan fingerprint density at radius 1 is 1.19 bits per heavy atom. The molecule has 2 aliphatic heterocycles. The first kappa shape index (κ1) is 13.3. The minimum atomic E-state index is -0.972. The summed E-state index contributed by atoms with van der Waals surface area (Å²) in [6.07, 6.45) is 0.216. The second-order valence-electron chi connectivity index (χ2n) is 4.82. The van der Waals surface area contributed by atoms with Crippen molar-refractivity contribution < 1.29 is 19.2 Å². The second kappa shape index (κ2) is 4.67. The van der Waals surface area contributed by atoms with Gasteiger partial charge < -0.3 is 5.43 Å². The van der Waals surface area contributed by atoms with Gasteiger partial charge in [0.2, 0.25) is 11.8 Å². The molecule has 108 valence electrons. The molecule has 1 saturated heterocycles. The number of amides is 4. The van der Waals surface area contributed by atoms with Crippen LogP contribution in [0.2, 0.25) is 0 Å². The summed E-state index contributed by atoms with van der Waals surface area (Å²) >= 11 is 0. The maximum atomic E-state index is 12.5. The summed E-state index contributed by atoms with van der Waals surface area (Å²) < 4.78 is 0. The van der Waals surface area contributed by atoms with Crippen molar-refractivity contribution in [3.8, 4) is 0 Å². The van der Waals surface area contributed by atoms with Crippen molar-refractivity contribution >= 4 is 29.3 Å². The summed E-state index contributed by atoms with van der Waals surface area (Å²) in [7, 11) is 0. The number of nitrogens with two attached hydrogens (primary N) is 1. The summed E-state index contributed by atoms with van der Waals surface area (Å²) in [6.45, 7) is 0. The Morgan fingerprint density at radius 3 is 2.62 bits per heavy atom. The molecule has 0 radical (unpaired) electrons. The Hall–Kier alpha value is -2.74. The zero-order chi connectivity index (χ0) is 15.1. The number of anilines is 1. The number of carbonyl (C=O) groups is 4. The number of piperidine rings is 1. The molecular formula is C13H12N4O4. The molecule has 2 heterocycles. The fraction of sp³-hybridized carbons (Fsp3) is 0.231. The summed E-state index contributed by atoms with van der Waals surface area (Å²) in [6, 6.07) is 3.69. The molecule has 21 heavy (non-hydrogen) atoms. The van der Waals surface area contributed by atoms with E-state index in [1.54, 1.807) is 12.1 Å². The molecule has 1 fully saturated rings. The van der Waals surface area contributed by atoms with Gasteiger partial charge in [0.25, 0.3) is 11.8 Å². The van der Waals surface area contributed by atoms with E-state index < -0.39 is 29.7 Å². The Morgan fingerprint density at radius 2 is 1.95 bits per heavy atom. The Bertz CT molecular complexity index is 685. The SMILES string of the molecule is NNc1cccc2c1C(=O)N(C1CCC(=O)NC1=O)C2=O. The van der Waals surface area contributed by atoms with Gasteiger partial charge in [-0.1, -0.05) is 6.07 Å². The van der Waals surface area contributed by atoms with Crippen molar-refractivity contribution in [3.05, 3.63) is 29.3 Å². The van der Waals surface area contributed by atoms with Gasteiger partial charge in [0.05, 0.1) is 16.8 Å². The highest BCUT2D eigenvalue weighted by atomic mass is 16.2. The van der Waals surface area contributed by atoms with Gasteiger partial charge in [-0.15, -0.1) is 0 Å². The first-order valence-corrected chi connectivity index (χ1v) is 6.36. The number of nitrogen functional groups attached to an aromatic ring is 1. The quantitative estimate of drug-likeness (QED) is 0.378. The number of nitrogens with one attached hydrogen (secondary N) is 2. The number of hydrogen-bond donors (Lipinski definition) is 3. The highest BCUT2D eigenvalue weighted by Gasteiger charge is 2.45. The van der Waals surface area contributed by atoms with Crippen LogP contribution in [-0.4, -0.2) is 34.6 Å². The van der Waals surface area contributed by atoms with E-state index in [9.17, 15) is 19.2 Å². The summed E-state index contributed by atoms with van der Waals surface area (Å²) in [4.78, 5) is 48.8. The van der Waals surface area contributed by atoms with Crippen molar-refractivity contribution in [2.45, 2.75) is 18.9 Å². The first-order valence-electron chi connectivity index (χ1n) is 6.36. The average molecular weight is 288 g/mol. The molecule has 4 N–H and O–H groups in total. The van der Waals surface area contributed by atoms with Gasteiger partial charge in [0, 0.05) is 6.42 Å². The first-order chi connectivity index (χ1) is 10.0. The van der Waals surface area contributed by atoms with Crippen LogP contribution in [0.1, 0.15) is 33.6 Å². The lowest BCUT2D eigenvalue weighted by atomic mass is 10.0. The van der Waals surface area contributed by atoms with Gasteiger partial charge in [-0.05, 0) is 18.6 Å². The standard InChI is InChI=1S/C13H12N4O4/c14-16-7-3-1-2-6-10(7)13(21)17(12(6)20)8-4-5-9(18)15-11(8)19/h1-3,8,16H,4-5,14H2,(H,15,18,19). The Kier molecular flexibility index (Phi) is 2.95. The van der Waals surface area contributed by atoms with E-state index in [2.05, 4.69) is 10.7 Å².